The van der Waals surface area contributed by atoms with Crippen molar-refractivity contribution in [2.45, 2.75) is 20.5 Å². The molecular formula is C27H20FNO3S. The van der Waals surface area contributed by atoms with Gasteiger partial charge in [-0.15, -0.1) is 11.3 Å². The van der Waals surface area contributed by atoms with Crippen LogP contribution < -0.4 is 4.74 Å². The molecule has 0 bridgehead atoms. The maximum Gasteiger partial charge on any atom is 0.336 e. The molecule has 4 nitrogen and oxygen atoms in total. The standard InChI is InChI=1S/C27H20FNO3S/c1-15-10-11-22(32-14-17-6-5-7-18(28)12-17)24-20(27(30)31)13-21(29-25(15)24)26-16(2)19-8-3-4-9-23(19)33-26/h3-13H,14H2,1-2H3,(H,30,31). The lowest BCUT2D eigenvalue weighted by Crippen LogP contribution is -2.04. The van der Waals surface area contributed by atoms with Gasteiger partial charge in [0, 0.05) is 4.70 Å². The Morgan fingerprint density at radius 3 is 2.64 bits per heavy atom. The van der Waals surface area contributed by atoms with Crippen molar-refractivity contribution in [3.63, 3.8) is 0 Å². The number of halogens is 1. The Labute approximate surface area is 193 Å². The Balaban J connectivity index is 1.66. The van der Waals surface area contributed by atoms with E-state index >= 15 is 0 Å². The van der Waals surface area contributed by atoms with E-state index < -0.39 is 5.97 Å². The van der Waals surface area contributed by atoms with E-state index in [1.165, 1.54) is 12.1 Å². The van der Waals surface area contributed by atoms with E-state index in [9.17, 15) is 14.3 Å². The van der Waals surface area contributed by atoms with Gasteiger partial charge in [0.1, 0.15) is 18.2 Å². The van der Waals surface area contributed by atoms with E-state index in [1.807, 2.05) is 32.0 Å². The highest BCUT2D eigenvalue weighted by Gasteiger charge is 2.20. The number of hydrogen-bond acceptors (Lipinski definition) is 4. The fourth-order valence-corrected chi connectivity index (χ4v) is 5.22. The van der Waals surface area contributed by atoms with Crippen LogP contribution in [0.3, 0.4) is 0 Å². The minimum absolute atomic E-state index is 0.117. The highest BCUT2D eigenvalue weighted by atomic mass is 32.1. The van der Waals surface area contributed by atoms with Gasteiger partial charge in [-0.3, -0.25) is 0 Å². The number of carboxylic acids is 1. The molecule has 6 heteroatoms. The van der Waals surface area contributed by atoms with Crippen molar-refractivity contribution in [3.05, 3.63) is 94.8 Å². The molecule has 0 radical (unpaired) electrons. The largest absolute Gasteiger partial charge is 0.488 e. The average Bonchev–Trinajstić information content (AvgIpc) is 3.15. The lowest BCUT2D eigenvalue weighted by molar-refractivity contribution is 0.0698. The molecule has 0 aliphatic rings. The molecule has 2 aromatic heterocycles. The summed E-state index contributed by atoms with van der Waals surface area (Å²) in [5.74, 6) is -0.992. The molecule has 164 valence electrons. The number of aryl methyl sites for hydroxylation is 2. The SMILES string of the molecule is Cc1c(-c2cc(C(=O)O)c3c(OCc4cccc(F)c4)ccc(C)c3n2)sc2ccccc12. The number of aromatic nitrogens is 1. The van der Waals surface area contributed by atoms with Gasteiger partial charge in [-0.1, -0.05) is 36.4 Å². The first-order chi connectivity index (χ1) is 15.9. The molecule has 0 spiro atoms. The molecule has 3 aromatic carbocycles. The van der Waals surface area contributed by atoms with Crippen LogP contribution in [0.15, 0.2) is 66.7 Å². The molecule has 0 aliphatic carbocycles. The van der Waals surface area contributed by atoms with Gasteiger partial charge in [0.2, 0.25) is 0 Å². The number of fused-ring (bicyclic) bond motifs is 2. The number of thiophene rings is 1. The van der Waals surface area contributed by atoms with E-state index in [0.717, 1.165) is 26.1 Å². The first kappa shape index (κ1) is 21.1. The maximum absolute atomic E-state index is 13.5. The summed E-state index contributed by atoms with van der Waals surface area (Å²) in [6, 6.07) is 19.5. The van der Waals surface area contributed by atoms with E-state index in [4.69, 9.17) is 9.72 Å². The highest BCUT2D eigenvalue weighted by molar-refractivity contribution is 7.22. The first-order valence-corrected chi connectivity index (χ1v) is 11.3. The summed E-state index contributed by atoms with van der Waals surface area (Å²) in [5.41, 5.74) is 3.93. The van der Waals surface area contributed by atoms with Crippen LogP contribution in [-0.4, -0.2) is 16.1 Å². The molecule has 1 N–H and O–H groups in total. The molecule has 0 amide bonds. The molecule has 0 saturated carbocycles. The Kier molecular flexibility index (Phi) is 5.30. The quantitative estimate of drug-likeness (QED) is 0.304. The van der Waals surface area contributed by atoms with Crippen molar-refractivity contribution in [1.29, 1.82) is 0 Å². The minimum Gasteiger partial charge on any atom is -0.488 e. The average molecular weight is 458 g/mol. The van der Waals surface area contributed by atoms with Crippen molar-refractivity contribution >= 4 is 38.3 Å². The molecule has 0 aliphatic heterocycles. The molecule has 0 saturated heterocycles. The van der Waals surface area contributed by atoms with E-state index in [0.29, 0.717) is 27.9 Å². The van der Waals surface area contributed by atoms with Gasteiger partial charge in [-0.25, -0.2) is 14.2 Å². The van der Waals surface area contributed by atoms with Crippen molar-refractivity contribution in [2.24, 2.45) is 0 Å². The molecule has 33 heavy (non-hydrogen) atoms. The number of benzene rings is 3. The van der Waals surface area contributed by atoms with Crippen LogP contribution >= 0.6 is 11.3 Å². The van der Waals surface area contributed by atoms with Crippen LogP contribution in [0.4, 0.5) is 4.39 Å². The van der Waals surface area contributed by atoms with Crippen molar-refractivity contribution < 1.29 is 19.0 Å². The number of carboxylic acid groups (broad SMARTS) is 1. The molecule has 0 fully saturated rings. The number of nitrogens with zero attached hydrogens (tertiary/aromatic N) is 1. The summed E-state index contributed by atoms with van der Waals surface area (Å²) in [7, 11) is 0. The number of ether oxygens (including phenoxy) is 1. The van der Waals surface area contributed by atoms with Gasteiger partial charge in [-0.05, 0) is 66.3 Å². The zero-order valence-corrected chi connectivity index (χ0v) is 18.9. The monoisotopic (exact) mass is 457 g/mol. The number of carbonyl (C=O) groups is 1. The smallest absolute Gasteiger partial charge is 0.336 e. The fourth-order valence-electron chi connectivity index (χ4n) is 4.05. The van der Waals surface area contributed by atoms with Gasteiger partial charge in [0.25, 0.3) is 0 Å². The second-order valence-corrected chi connectivity index (χ2v) is 8.99. The third-order valence-electron chi connectivity index (χ3n) is 5.71. The minimum atomic E-state index is -1.05. The van der Waals surface area contributed by atoms with E-state index in [2.05, 4.69) is 12.1 Å². The topological polar surface area (TPSA) is 59.4 Å². The predicted molar refractivity (Wildman–Crippen MR) is 130 cm³/mol. The molecule has 0 atom stereocenters. The third-order valence-corrected chi connectivity index (χ3v) is 7.01. The van der Waals surface area contributed by atoms with Gasteiger partial charge in [0.15, 0.2) is 0 Å². The fraction of sp³-hybridized carbons (Fsp3) is 0.111. The Hall–Kier alpha value is -3.77. The van der Waals surface area contributed by atoms with E-state index in [-0.39, 0.29) is 18.0 Å². The number of aromatic carboxylic acids is 1. The van der Waals surface area contributed by atoms with Gasteiger partial charge in [-0.2, -0.15) is 0 Å². The van der Waals surface area contributed by atoms with Gasteiger partial charge >= 0.3 is 5.97 Å². The number of pyridine rings is 1. The zero-order valence-electron chi connectivity index (χ0n) is 18.1. The maximum atomic E-state index is 13.5. The summed E-state index contributed by atoms with van der Waals surface area (Å²) < 4.78 is 20.6. The molecule has 0 unspecified atom stereocenters. The number of hydrogen-bond donors (Lipinski definition) is 1. The molecule has 5 rings (SSSR count). The Bertz CT molecular complexity index is 1540. The zero-order chi connectivity index (χ0) is 23.1. The van der Waals surface area contributed by atoms with Crippen LogP contribution in [0.2, 0.25) is 0 Å². The third kappa shape index (κ3) is 3.83. The second kappa shape index (κ2) is 8.30. The highest BCUT2D eigenvalue weighted by Crippen LogP contribution is 2.40. The van der Waals surface area contributed by atoms with Crippen LogP contribution in [0.1, 0.15) is 27.0 Å². The molecule has 2 heterocycles. The van der Waals surface area contributed by atoms with Crippen LogP contribution in [0.5, 0.6) is 5.75 Å². The van der Waals surface area contributed by atoms with Gasteiger partial charge in [0.05, 0.1) is 27.0 Å². The summed E-state index contributed by atoms with van der Waals surface area (Å²) in [4.78, 5) is 18.1. The van der Waals surface area contributed by atoms with Crippen molar-refractivity contribution in [1.82, 2.24) is 4.98 Å². The van der Waals surface area contributed by atoms with Crippen molar-refractivity contribution in [2.75, 3.05) is 0 Å². The summed E-state index contributed by atoms with van der Waals surface area (Å²) in [5, 5.41) is 11.7. The lowest BCUT2D eigenvalue weighted by atomic mass is 10.0. The summed E-state index contributed by atoms with van der Waals surface area (Å²) >= 11 is 1.60. The normalized spacial score (nSPS) is 11.2. The Morgan fingerprint density at radius 2 is 1.88 bits per heavy atom. The van der Waals surface area contributed by atoms with Crippen LogP contribution in [0, 0.1) is 19.7 Å². The lowest BCUT2D eigenvalue weighted by Gasteiger charge is -2.14. The van der Waals surface area contributed by atoms with Crippen LogP contribution in [-0.2, 0) is 6.61 Å². The molecular weight excluding hydrogens is 437 g/mol. The van der Waals surface area contributed by atoms with Gasteiger partial charge < -0.3 is 9.84 Å². The molecule has 5 aromatic rings. The number of rotatable bonds is 5. The van der Waals surface area contributed by atoms with Crippen molar-refractivity contribution in [3.8, 4) is 16.3 Å². The Morgan fingerprint density at radius 1 is 1.06 bits per heavy atom. The van der Waals surface area contributed by atoms with E-state index in [1.54, 1.807) is 35.6 Å². The second-order valence-electron chi connectivity index (χ2n) is 7.94. The predicted octanol–water partition coefficient (Wildman–Crippen LogP) is 7.15. The van der Waals surface area contributed by atoms with Crippen LogP contribution in [0.25, 0.3) is 31.6 Å². The first-order valence-electron chi connectivity index (χ1n) is 10.5. The summed E-state index contributed by atoms with van der Waals surface area (Å²) in [6.07, 6.45) is 0. The summed E-state index contributed by atoms with van der Waals surface area (Å²) in [6.45, 7) is 4.05.